The van der Waals surface area contributed by atoms with Crippen molar-refractivity contribution in [1.82, 2.24) is 4.90 Å². The van der Waals surface area contributed by atoms with E-state index in [0.29, 0.717) is 0 Å². The Hall–Kier alpha value is -1.22. The van der Waals surface area contributed by atoms with Gasteiger partial charge in [0.25, 0.3) is 0 Å². The van der Waals surface area contributed by atoms with Crippen molar-refractivity contribution in [2.75, 3.05) is 38.6 Å². The Balaban J connectivity index is 1.68. The Morgan fingerprint density at radius 3 is 3.16 bits per heavy atom. The zero-order valence-electron chi connectivity index (χ0n) is 12.0. The summed E-state index contributed by atoms with van der Waals surface area (Å²) in [7, 11) is 2.21. The van der Waals surface area contributed by atoms with Crippen LogP contribution in [0.3, 0.4) is 0 Å². The Labute approximate surface area is 115 Å². The number of hydrogen-bond donors (Lipinski definition) is 1. The second kappa shape index (κ2) is 5.04. The fourth-order valence-electron chi connectivity index (χ4n) is 3.38. The van der Waals surface area contributed by atoms with Gasteiger partial charge in [0.2, 0.25) is 0 Å². The summed E-state index contributed by atoms with van der Waals surface area (Å²) in [6, 6.07) is 6.39. The lowest BCUT2D eigenvalue weighted by atomic mass is 9.83. The number of likely N-dealkylation sites (tertiary alicyclic amines) is 1. The summed E-state index contributed by atoms with van der Waals surface area (Å²) in [5.74, 6) is 1.03. The van der Waals surface area contributed by atoms with Crippen LogP contribution in [0.5, 0.6) is 5.75 Å². The van der Waals surface area contributed by atoms with Crippen LogP contribution in [0, 0.1) is 5.41 Å². The summed E-state index contributed by atoms with van der Waals surface area (Å²) in [5.41, 5.74) is 2.90. The summed E-state index contributed by atoms with van der Waals surface area (Å²) in [4.78, 5) is 2.42. The number of benzene rings is 1. The van der Waals surface area contributed by atoms with Crippen molar-refractivity contribution in [1.29, 1.82) is 0 Å². The topological polar surface area (TPSA) is 24.5 Å². The summed E-state index contributed by atoms with van der Waals surface area (Å²) >= 11 is 0. The Morgan fingerprint density at radius 2 is 2.32 bits per heavy atom. The van der Waals surface area contributed by atoms with Crippen LogP contribution in [0.2, 0.25) is 0 Å². The molecule has 0 spiro atoms. The molecule has 1 unspecified atom stereocenters. The van der Waals surface area contributed by atoms with Crippen LogP contribution in [0.1, 0.15) is 25.3 Å². The highest BCUT2D eigenvalue weighted by Gasteiger charge is 2.30. The van der Waals surface area contributed by atoms with E-state index in [4.69, 9.17) is 4.74 Å². The average Bonchev–Trinajstić information content (AvgIpc) is 2.85. The first-order valence-corrected chi connectivity index (χ1v) is 7.33. The number of anilines is 1. The van der Waals surface area contributed by atoms with Gasteiger partial charge in [0, 0.05) is 18.5 Å². The molecule has 0 saturated carbocycles. The molecule has 0 bridgehead atoms. The summed E-state index contributed by atoms with van der Waals surface area (Å²) in [6.45, 7) is 6.55. The van der Waals surface area contributed by atoms with Crippen molar-refractivity contribution < 1.29 is 4.74 Å². The molecule has 2 aliphatic heterocycles. The van der Waals surface area contributed by atoms with E-state index in [1.807, 2.05) is 0 Å². The quantitative estimate of drug-likeness (QED) is 0.904. The van der Waals surface area contributed by atoms with E-state index in [-0.39, 0.29) is 5.41 Å². The van der Waals surface area contributed by atoms with Gasteiger partial charge in [0.05, 0.1) is 12.3 Å². The first kappa shape index (κ1) is 12.8. The van der Waals surface area contributed by atoms with E-state index in [0.717, 1.165) is 31.9 Å². The third-order valence-electron chi connectivity index (χ3n) is 4.36. The number of para-hydroxylation sites is 1. The number of nitrogens with one attached hydrogen (secondary N) is 1. The van der Waals surface area contributed by atoms with Gasteiger partial charge in [-0.15, -0.1) is 0 Å². The zero-order valence-corrected chi connectivity index (χ0v) is 12.0. The van der Waals surface area contributed by atoms with Crippen LogP contribution in [-0.2, 0) is 6.42 Å². The second-order valence-electron chi connectivity index (χ2n) is 6.41. The molecular weight excluding hydrogens is 236 g/mol. The van der Waals surface area contributed by atoms with Crippen molar-refractivity contribution >= 4 is 5.69 Å². The highest BCUT2D eigenvalue weighted by molar-refractivity contribution is 5.65. The second-order valence-corrected chi connectivity index (χ2v) is 6.41. The number of ether oxygens (including phenoxy) is 1. The van der Waals surface area contributed by atoms with Crippen molar-refractivity contribution in [3.63, 3.8) is 0 Å². The van der Waals surface area contributed by atoms with E-state index in [1.54, 1.807) is 0 Å². The minimum atomic E-state index is 0.286. The van der Waals surface area contributed by atoms with Crippen LogP contribution in [0.15, 0.2) is 18.2 Å². The van der Waals surface area contributed by atoms with Crippen LogP contribution in [0.4, 0.5) is 5.69 Å². The number of piperidine rings is 1. The van der Waals surface area contributed by atoms with Gasteiger partial charge < -0.3 is 15.0 Å². The number of hydrogen-bond acceptors (Lipinski definition) is 3. The molecule has 0 radical (unpaired) electrons. The summed E-state index contributed by atoms with van der Waals surface area (Å²) < 4.78 is 6.15. The molecule has 1 aromatic rings. The van der Waals surface area contributed by atoms with Gasteiger partial charge in [0.15, 0.2) is 0 Å². The predicted molar refractivity (Wildman–Crippen MR) is 79.0 cm³/mol. The molecule has 2 heterocycles. The van der Waals surface area contributed by atoms with Crippen molar-refractivity contribution in [3.05, 3.63) is 23.8 Å². The lowest BCUT2D eigenvalue weighted by molar-refractivity contribution is 0.0704. The first-order valence-electron chi connectivity index (χ1n) is 7.33. The summed E-state index contributed by atoms with van der Waals surface area (Å²) in [5, 5.41) is 3.44. The molecule has 19 heavy (non-hydrogen) atoms. The molecular formula is C16H24N2O. The molecule has 3 nitrogen and oxygen atoms in total. The minimum Gasteiger partial charge on any atom is -0.491 e. The van der Waals surface area contributed by atoms with Gasteiger partial charge in [0.1, 0.15) is 5.75 Å². The van der Waals surface area contributed by atoms with Gasteiger partial charge in [-0.25, -0.2) is 0 Å². The number of rotatable bonds is 3. The molecule has 0 amide bonds. The molecule has 1 fully saturated rings. The number of nitrogens with zero attached hydrogens (tertiary/aromatic N) is 1. The molecule has 1 saturated heterocycles. The average molecular weight is 260 g/mol. The van der Waals surface area contributed by atoms with Gasteiger partial charge in [-0.1, -0.05) is 19.1 Å². The third kappa shape index (κ3) is 2.71. The van der Waals surface area contributed by atoms with Crippen LogP contribution < -0.4 is 10.1 Å². The highest BCUT2D eigenvalue weighted by Crippen LogP contribution is 2.35. The van der Waals surface area contributed by atoms with Crippen LogP contribution in [-0.4, -0.2) is 38.2 Å². The molecule has 1 aromatic carbocycles. The maximum absolute atomic E-state index is 6.15. The molecule has 3 heteroatoms. The van der Waals surface area contributed by atoms with E-state index in [1.165, 1.54) is 30.6 Å². The smallest absolute Gasteiger partial charge is 0.142 e. The van der Waals surface area contributed by atoms with Crippen LogP contribution in [0.25, 0.3) is 0 Å². The molecule has 104 valence electrons. The van der Waals surface area contributed by atoms with Crippen molar-refractivity contribution in [2.24, 2.45) is 5.41 Å². The Bertz CT molecular complexity index is 460. The molecule has 2 aliphatic rings. The molecule has 1 atom stereocenters. The van der Waals surface area contributed by atoms with Crippen LogP contribution >= 0.6 is 0 Å². The Kier molecular flexibility index (Phi) is 3.40. The van der Waals surface area contributed by atoms with Gasteiger partial charge >= 0.3 is 0 Å². The molecule has 0 aromatic heterocycles. The lowest BCUT2D eigenvalue weighted by Gasteiger charge is -2.38. The molecule has 1 N–H and O–H groups in total. The fraction of sp³-hybridized carbons (Fsp3) is 0.625. The lowest BCUT2D eigenvalue weighted by Crippen LogP contribution is -2.42. The first-order chi connectivity index (χ1) is 9.16. The summed E-state index contributed by atoms with van der Waals surface area (Å²) in [6.07, 6.45) is 3.66. The maximum atomic E-state index is 6.15. The van der Waals surface area contributed by atoms with Gasteiger partial charge in [-0.3, -0.25) is 0 Å². The molecule has 3 rings (SSSR count). The highest BCUT2D eigenvalue weighted by atomic mass is 16.5. The standard InChI is InChI=1S/C16H24N2O/c1-16(8-4-10-18(2)11-16)12-19-14-6-3-5-13-7-9-17-15(13)14/h3,5-6,17H,4,7-12H2,1-2H3. The third-order valence-corrected chi connectivity index (χ3v) is 4.36. The van der Waals surface area contributed by atoms with E-state index in [9.17, 15) is 0 Å². The predicted octanol–water partition coefficient (Wildman–Crippen LogP) is 2.77. The van der Waals surface area contributed by atoms with Gasteiger partial charge in [-0.05, 0) is 44.5 Å². The fourth-order valence-corrected chi connectivity index (χ4v) is 3.38. The monoisotopic (exact) mass is 260 g/mol. The van der Waals surface area contributed by atoms with Crippen molar-refractivity contribution in [2.45, 2.75) is 26.2 Å². The zero-order chi connectivity index (χ0) is 13.3. The van der Waals surface area contributed by atoms with E-state index >= 15 is 0 Å². The maximum Gasteiger partial charge on any atom is 0.142 e. The Morgan fingerprint density at radius 1 is 1.42 bits per heavy atom. The SMILES string of the molecule is CN1CCCC(C)(COc2cccc3c2NCC3)C1. The molecule has 0 aliphatic carbocycles. The minimum absolute atomic E-state index is 0.286. The van der Waals surface area contributed by atoms with Gasteiger partial charge in [-0.2, -0.15) is 0 Å². The normalized spacial score (nSPS) is 26.8. The van der Waals surface area contributed by atoms with E-state index in [2.05, 4.69) is 42.4 Å². The largest absolute Gasteiger partial charge is 0.491 e. The number of fused-ring (bicyclic) bond motifs is 1. The van der Waals surface area contributed by atoms with Crippen molar-refractivity contribution in [3.8, 4) is 5.75 Å². The van der Waals surface area contributed by atoms with E-state index < -0.39 is 0 Å².